The lowest BCUT2D eigenvalue weighted by Crippen LogP contribution is -2.52. The molecule has 0 unspecified atom stereocenters. The van der Waals surface area contributed by atoms with Crippen molar-refractivity contribution in [1.29, 1.82) is 0 Å². The van der Waals surface area contributed by atoms with E-state index in [0.717, 1.165) is 0 Å². The van der Waals surface area contributed by atoms with Crippen molar-refractivity contribution < 1.29 is 35.4 Å². The molecule has 8 nitrogen and oxygen atoms in total. The van der Waals surface area contributed by atoms with Crippen LogP contribution in [0.1, 0.15) is 0 Å². The molecule has 0 aliphatic rings. The van der Waals surface area contributed by atoms with Crippen molar-refractivity contribution in [2.45, 2.75) is 30.5 Å². The lowest BCUT2D eigenvalue weighted by atomic mass is 9.99. The van der Waals surface area contributed by atoms with Crippen LogP contribution in [-0.4, -0.2) is 73.7 Å². The van der Waals surface area contributed by atoms with Gasteiger partial charge in [0.25, 0.3) is 5.91 Å². The number of hydrogen-bond donors (Lipinski definition) is 7. The maximum Gasteiger partial charge on any atom is 0.256 e. The Morgan fingerprint density at radius 2 is 1.52 bits per heavy atom. The van der Waals surface area contributed by atoms with Crippen LogP contribution in [0.5, 0.6) is 0 Å². The maximum absolute atomic E-state index is 11.7. The van der Waals surface area contributed by atoms with Crippen LogP contribution in [0.3, 0.4) is 0 Å². The van der Waals surface area contributed by atoms with Crippen LogP contribution >= 0.6 is 0 Å². The zero-order valence-corrected chi connectivity index (χ0v) is 11.1. The van der Waals surface area contributed by atoms with Crippen LogP contribution in [-0.2, 0) is 4.79 Å². The minimum absolute atomic E-state index is 0.374. The minimum Gasteiger partial charge on any atom is -0.394 e. The summed E-state index contributed by atoms with van der Waals surface area (Å²) >= 11 is 0. The van der Waals surface area contributed by atoms with Crippen LogP contribution in [0.15, 0.2) is 30.3 Å². The highest BCUT2D eigenvalue weighted by Crippen LogP contribution is 2.11. The zero-order valence-electron chi connectivity index (χ0n) is 11.1. The highest BCUT2D eigenvalue weighted by molar-refractivity contribution is 5.94. The van der Waals surface area contributed by atoms with E-state index in [4.69, 9.17) is 10.2 Å². The molecule has 1 amide bonds. The number of rotatable bonds is 7. The van der Waals surface area contributed by atoms with Gasteiger partial charge in [0.1, 0.15) is 24.4 Å². The molecule has 0 bridgehead atoms. The summed E-state index contributed by atoms with van der Waals surface area (Å²) in [5.41, 5.74) is 0.374. The average molecular weight is 301 g/mol. The number of benzene rings is 1. The number of aliphatic hydroxyl groups is 6. The Balaban J connectivity index is 2.64. The second-order valence-electron chi connectivity index (χ2n) is 4.52. The third kappa shape index (κ3) is 4.74. The van der Waals surface area contributed by atoms with Crippen molar-refractivity contribution in [2.75, 3.05) is 11.9 Å². The first-order valence-electron chi connectivity index (χ1n) is 6.25. The third-order valence-corrected chi connectivity index (χ3v) is 2.91. The Morgan fingerprint density at radius 1 is 0.952 bits per heavy atom. The lowest BCUT2D eigenvalue weighted by Gasteiger charge is -2.27. The fraction of sp³-hybridized carbons (Fsp3) is 0.462. The van der Waals surface area contributed by atoms with Gasteiger partial charge >= 0.3 is 0 Å². The van der Waals surface area contributed by atoms with E-state index in [1.807, 2.05) is 0 Å². The Kier molecular flexibility index (Phi) is 6.69. The average Bonchev–Trinajstić information content (AvgIpc) is 2.52. The molecule has 1 aromatic rings. The van der Waals surface area contributed by atoms with Crippen LogP contribution in [0.2, 0.25) is 0 Å². The van der Waals surface area contributed by atoms with E-state index in [0.29, 0.717) is 5.69 Å². The molecule has 7 N–H and O–H groups in total. The quantitative estimate of drug-likeness (QED) is 0.292. The molecular weight excluding hydrogens is 282 g/mol. The van der Waals surface area contributed by atoms with Gasteiger partial charge in [-0.05, 0) is 12.1 Å². The molecule has 0 spiro atoms. The number of carbonyl (C=O) groups is 1. The summed E-state index contributed by atoms with van der Waals surface area (Å²) in [7, 11) is 0. The molecule has 8 heteroatoms. The van der Waals surface area contributed by atoms with Gasteiger partial charge < -0.3 is 36.0 Å². The van der Waals surface area contributed by atoms with E-state index in [9.17, 15) is 25.2 Å². The number of amides is 1. The summed E-state index contributed by atoms with van der Waals surface area (Å²) in [6.07, 6.45) is -9.70. The van der Waals surface area contributed by atoms with E-state index in [-0.39, 0.29) is 0 Å². The van der Waals surface area contributed by atoms with Gasteiger partial charge in [-0.1, -0.05) is 18.2 Å². The van der Waals surface area contributed by atoms with Gasteiger partial charge in [-0.25, -0.2) is 0 Å². The molecule has 118 valence electrons. The van der Waals surface area contributed by atoms with Gasteiger partial charge in [-0.2, -0.15) is 0 Å². The number of aliphatic hydroxyl groups excluding tert-OH is 6. The van der Waals surface area contributed by atoms with E-state index in [1.165, 1.54) is 0 Å². The predicted molar refractivity (Wildman–Crippen MR) is 72.2 cm³/mol. The molecule has 0 radical (unpaired) electrons. The molecule has 0 saturated heterocycles. The first-order valence-corrected chi connectivity index (χ1v) is 6.25. The molecule has 0 aliphatic heterocycles. The number of hydrogen-bond acceptors (Lipinski definition) is 7. The summed E-state index contributed by atoms with van der Waals surface area (Å²) in [4.78, 5) is 11.7. The molecule has 0 fully saturated rings. The van der Waals surface area contributed by atoms with Gasteiger partial charge in [-0.15, -0.1) is 0 Å². The van der Waals surface area contributed by atoms with E-state index in [1.54, 1.807) is 30.3 Å². The fourth-order valence-corrected chi connectivity index (χ4v) is 1.62. The van der Waals surface area contributed by atoms with Crippen LogP contribution < -0.4 is 5.32 Å². The Hall–Kier alpha value is -1.55. The molecule has 21 heavy (non-hydrogen) atoms. The predicted octanol–water partition coefficient (Wildman–Crippen LogP) is -2.58. The third-order valence-electron chi connectivity index (χ3n) is 2.91. The maximum atomic E-state index is 11.7. The standard InChI is InChI=1S/C13H19NO7/c15-6-8(16)9(17)10(18)11(19)12(20)13(21)14-7-4-2-1-3-5-7/h1-5,8-12,15-20H,6H2,(H,14,21)/t8-,9-,10-,11+,12+/m1/s1. The van der Waals surface area contributed by atoms with Gasteiger partial charge in [-0.3, -0.25) is 4.79 Å². The normalized spacial score (nSPS) is 18.4. The number of carbonyl (C=O) groups excluding carboxylic acids is 1. The molecule has 0 heterocycles. The van der Waals surface area contributed by atoms with E-state index in [2.05, 4.69) is 5.32 Å². The van der Waals surface area contributed by atoms with Crippen LogP contribution in [0.25, 0.3) is 0 Å². The van der Waals surface area contributed by atoms with E-state index >= 15 is 0 Å². The van der Waals surface area contributed by atoms with Crippen LogP contribution in [0.4, 0.5) is 5.69 Å². The lowest BCUT2D eigenvalue weighted by molar-refractivity contribution is -0.153. The zero-order chi connectivity index (χ0) is 16.0. The summed E-state index contributed by atoms with van der Waals surface area (Å²) < 4.78 is 0. The molecule has 0 aromatic heterocycles. The van der Waals surface area contributed by atoms with Crippen molar-refractivity contribution in [3.63, 3.8) is 0 Å². The second-order valence-corrected chi connectivity index (χ2v) is 4.52. The molecule has 0 aliphatic carbocycles. The minimum atomic E-state index is -2.04. The number of anilines is 1. The molecule has 5 atom stereocenters. The monoisotopic (exact) mass is 301 g/mol. The van der Waals surface area contributed by atoms with E-state index < -0.39 is 43.0 Å². The summed E-state index contributed by atoms with van der Waals surface area (Å²) in [5.74, 6) is -0.988. The van der Waals surface area contributed by atoms with Crippen molar-refractivity contribution in [1.82, 2.24) is 0 Å². The number of para-hydroxylation sites is 1. The highest BCUT2D eigenvalue weighted by Gasteiger charge is 2.37. The number of nitrogens with one attached hydrogen (secondary N) is 1. The molecular formula is C13H19NO7. The summed E-state index contributed by atoms with van der Waals surface area (Å²) in [6, 6.07) is 8.12. The first kappa shape index (κ1) is 17.5. The van der Waals surface area contributed by atoms with Crippen molar-refractivity contribution in [3.8, 4) is 0 Å². The largest absolute Gasteiger partial charge is 0.394 e. The molecule has 0 saturated carbocycles. The molecule has 1 aromatic carbocycles. The Labute approximate surface area is 120 Å². The van der Waals surface area contributed by atoms with Gasteiger partial charge in [0.2, 0.25) is 0 Å². The highest BCUT2D eigenvalue weighted by atomic mass is 16.4. The van der Waals surface area contributed by atoms with Crippen molar-refractivity contribution >= 4 is 11.6 Å². The topological polar surface area (TPSA) is 150 Å². The first-order chi connectivity index (χ1) is 9.88. The van der Waals surface area contributed by atoms with Crippen molar-refractivity contribution in [2.24, 2.45) is 0 Å². The summed E-state index contributed by atoms with van der Waals surface area (Å²) in [6.45, 7) is -0.850. The second kappa shape index (κ2) is 8.03. The van der Waals surface area contributed by atoms with Gasteiger partial charge in [0.15, 0.2) is 6.10 Å². The summed E-state index contributed by atoms with van der Waals surface area (Å²) in [5, 5.41) is 58.3. The fourth-order valence-electron chi connectivity index (χ4n) is 1.62. The van der Waals surface area contributed by atoms with Crippen LogP contribution in [0, 0.1) is 0 Å². The smallest absolute Gasteiger partial charge is 0.256 e. The Morgan fingerprint density at radius 3 is 2.05 bits per heavy atom. The van der Waals surface area contributed by atoms with Crippen molar-refractivity contribution in [3.05, 3.63) is 30.3 Å². The van der Waals surface area contributed by atoms with Gasteiger partial charge in [0, 0.05) is 5.69 Å². The Bertz CT molecular complexity index is 441. The SMILES string of the molecule is O=C(Nc1ccccc1)[C@@H](O)[C@@H](O)[C@H](O)[C@H](O)[C@H](O)CO. The van der Waals surface area contributed by atoms with Gasteiger partial charge in [0.05, 0.1) is 6.61 Å². The molecule has 1 rings (SSSR count).